The second-order valence-electron chi connectivity index (χ2n) is 5.88. The second-order valence-corrected chi connectivity index (χ2v) is 6.82. The smallest absolute Gasteiger partial charge is 0.0515 e. The Labute approximate surface area is 126 Å². The maximum atomic E-state index is 3.82. The van der Waals surface area contributed by atoms with Gasteiger partial charge in [-0.05, 0) is 55.3 Å². The molecule has 1 aromatic heterocycles. The van der Waals surface area contributed by atoms with E-state index in [0.717, 1.165) is 6.54 Å². The fourth-order valence-electron chi connectivity index (χ4n) is 3.16. The van der Waals surface area contributed by atoms with Gasteiger partial charge < -0.3 is 5.32 Å². The van der Waals surface area contributed by atoms with Crippen LogP contribution in [0.2, 0.25) is 0 Å². The van der Waals surface area contributed by atoms with Crippen molar-refractivity contribution in [3.05, 3.63) is 57.8 Å². The van der Waals surface area contributed by atoms with Gasteiger partial charge in [-0.25, -0.2) is 0 Å². The maximum absolute atomic E-state index is 3.82. The minimum atomic E-state index is 0.325. The average molecular weight is 285 g/mol. The van der Waals surface area contributed by atoms with Crippen LogP contribution in [0.1, 0.15) is 48.2 Å². The van der Waals surface area contributed by atoms with Crippen LogP contribution in [0.15, 0.2) is 41.8 Å². The van der Waals surface area contributed by atoms with Crippen molar-refractivity contribution in [1.29, 1.82) is 0 Å². The maximum Gasteiger partial charge on any atom is 0.0515 e. The summed E-state index contributed by atoms with van der Waals surface area (Å²) in [5.74, 6) is 0. The van der Waals surface area contributed by atoms with Crippen LogP contribution in [0.25, 0.3) is 0 Å². The van der Waals surface area contributed by atoms with Crippen LogP contribution in [0.4, 0.5) is 0 Å². The van der Waals surface area contributed by atoms with Gasteiger partial charge in [0, 0.05) is 10.3 Å². The third-order valence-electron chi connectivity index (χ3n) is 4.45. The lowest BCUT2D eigenvalue weighted by molar-refractivity contribution is 0.434. The Morgan fingerprint density at radius 2 is 1.95 bits per heavy atom. The van der Waals surface area contributed by atoms with Gasteiger partial charge in [0.05, 0.1) is 6.04 Å². The van der Waals surface area contributed by atoms with Gasteiger partial charge in [-0.15, -0.1) is 11.3 Å². The minimum absolute atomic E-state index is 0.325. The van der Waals surface area contributed by atoms with Crippen molar-refractivity contribution in [3.63, 3.8) is 0 Å². The molecule has 3 rings (SSSR count). The van der Waals surface area contributed by atoms with Crippen molar-refractivity contribution in [1.82, 2.24) is 5.32 Å². The summed E-state index contributed by atoms with van der Waals surface area (Å²) in [4.78, 5) is 1.53. The summed E-state index contributed by atoms with van der Waals surface area (Å²) in [7, 11) is 0. The number of aryl methyl sites for hydroxylation is 1. The molecule has 1 aromatic carbocycles. The molecule has 0 radical (unpaired) electrons. The summed E-state index contributed by atoms with van der Waals surface area (Å²) < 4.78 is 0. The molecule has 1 N–H and O–H groups in total. The van der Waals surface area contributed by atoms with Crippen LogP contribution in [0.5, 0.6) is 0 Å². The Bertz CT molecular complexity index is 554. The van der Waals surface area contributed by atoms with Crippen molar-refractivity contribution in [2.24, 2.45) is 0 Å². The SMILES string of the molecule is CCCNC(c1sccc1C)C1(c2ccccc2)CC1. The van der Waals surface area contributed by atoms with Gasteiger partial charge in [0.15, 0.2) is 0 Å². The number of thiophene rings is 1. The van der Waals surface area contributed by atoms with Gasteiger partial charge in [-0.2, -0.15) is 0 Å². The molecule has 2 aromatic rings. The van der Waals surface area contributed by atoms with E-state index in [1.54, 1.807) is 0 Å². The van der Waals surface area contributed by atoms with Gasteiger partial charge >= 0.3 is 0 Å². The molecule has 106 valence electrons. The van der Waals surface area contributed by atoms with Crippen LogP contribution in [-0.4, -0.2) is 6.54 Å². The number of nitrogens with one attached hydrogen (secondary N) is 1. The van der Waals surface area contributed by atoms with Crippen LogP contribution < -0.4 is 5.32 Å². The summed E-state index contributed by atoms with van der Waals surface area (Å²) in [6.07, 6.45) is 3.79. The number of benzene rings is 1. The van der Waals surface area contributed by atoms with Crippen molar-refractivity contribution in [2.45, 2.75) is 44.6 Å². The highest BCUT2D eigenvalue weighted by Crippen LogP contribution is 2.57. The first-order chi connectivity index (χ1) is 9.78. The van der Waals surface area contributed by atoms with Gasteiger partial charge in [0.25, 0.3) is 0 Å². The number of hydrogen-bond donors (Lipinski definition) is 1. The number of rotatable bonds is 6. The average Bonchev–Trinajstić information content (AvgIpc) is 3.18. The molecule has 1 aliphatic carbocycles. The molecule has 1 aliphatic rings. The lowest BCUT2D eigenvalue weighted by Crippen LogP contribution is -2.32. The van der Waals surface area contributed by atoms with E-state index < -0.39 is 0 Å². The van der Waals surface area contributed by atoms with Crippen LogP contribution >= 0.6 is 11.3 Å². The van der Waals surface area contributed by atoms with Crippen molar-refractivity contribution in [3.8, 4) is 0 Å². The summed E-state index contributed by atoms with van der Waals surface area (Å²) in [5.41, 5.74) is 3.26. The Kier molecular flexibility index (Phi) is 3.95. The van der Waals surface area contributed by atoms with Crippen LogP contribution in [-0.2, 0) is 5.41 Å². The van der Waals surface area contributed by atoms with E-state index in [0.29, 0.717) is 11.5 Å². The van der Waals surface area contributed by atoms with E-state index in [1.807, 2.05) is 11.3 Å². The predicted octanol–water partition coefficient (Wildman–Crippen LogP) is 4.83. The summed E-state index contributed by atoms with van der Waals surface area (Å²) >= 11 is 1.91. The highest BCUT2D eigenvalue weighted by molar-refractivity contribution is 7.10. The lowest BCUT2D eigenvalue weighted by Gasteiger charge is -2.29. The topological polar surface area (TPSA) is 12.0 Å². The molecule has 1 atom stereocenters. The first kappa shape index (κ1) is 13.8. The molecule has 0 amide bonds. The highest BCUT2D eigenvalue weighted by atomic mass is 32.1. The lowest BCUT2D eigenvalue weighted by atomic mass is 9.86. The van der Waals surface area contributed by atoms with Gasteiger partial charge in [0.1, 0.15) is 0 Å². The van der Waals surface area contributed by atoms with E-state index in [4.69, 9.17) is 0 Å². The Balaban J connectivity index is 1.96. The van der Waals surface area contributed by atoms with E-state index >= 15 is 0 Å². The molecule has 1 unspecified atom stereocenters. The zero-order valence-corrected chi connectivity index (χ0v) is 13.2. The van der Waals surface area contributed by atoms with Crippen molar-refractivity contribution in [2.75, 3.05) is 6.54 Å². The molecule has 2 heteroatoms. The van der Waals surface area contributed by atoms with Crippen molar-refractivity contribution < 1.29 is 0 Å². The Morgan fingerprint density at radius 3 is 2.50 bits per heavy atom. The molecule has 1 nitrogen and oxygen atoms in total. The zero-order chi connectivity index (χ0) is 14.0. The van der Waals surface area contributed by atoms with E-state index in [-0.39, 0.29) is 0 Å². The van der Waals surface area contributed by atoms with E-state index in [1.165, 1.54) is 35.3 Å². The van der Waals surface area contributed by atoms with Crippen LogP contribution in [0, 0.1) is 6.92 Å². The number of hydrogen-bond acceptors (Lipinski definition) is 2. The molecule has 1 heterocycles. The molecule has 0 saturated heterocycles. The summed E-state index contributed by atoms with van der Waals surface area (Å²) in [6.45, 7) is 5.58. The minimum Gasteiger partial charge on any atom is -0.309 e. The largest absolute Gasteiger partial charge is 0.309 e. The fraction of sp³-hybridized carbons (Fsp3) is 0.444. The Hall–Kier alpha value is -1.12. The van der Waals surface area contributed by atoms with E-state index in [2.05, 4.69) is 60.9 Å². The summed E-state index contributed by atoms with van der Waals surface area (Å²) in [6, 6.07) is 13.8. The first-order valence-electron chi connectivity index (χ1n) is 7.61. The first-order valence-corrected chi connectivity index (χ1v) is 8.49. The molecule has 0 aliphatic heterocycles. The van der Waals surface area contributed by atoms with Crippen molar-refractivity contribution >= 4 is 11.3 Å². The Morgan fingerprint density at radius 1 is 1.20 bits per heavy atom. The monoisotopic (exact) mass is 285 g/mol. The standard InChI is InChI=1S/C18H23NS/c1-3-12-19-17(16-14(2)9-13-20-16)18(10-11-18)15-7-5-4-6-8-15/h4-9,13,17,19H,3,10-12H2,1-2H3. The van der Waals surface area contributed by atoms with E-state index in [9.17, 15) is 0 Å². The molecule has 1 saturated carbocycles. The zero-order valence-electron chi connectivity index (χ0n) is 12.4. The molecule has 1 fully saturated rings. The fourth-order valence-corrected chi connectivity index (χ4v) is 4.27. The van der Waals surface area contributed by atoms with Crippen LogP contribution in [0.3, 0.4) is 0 Å². The molecule has 0 spiro atoms. The van der Waals surface area contributed by atoms with Gasteiger partial charge in [0.2, 0.25) is 0 Å². The highest BCUT2D eigenvalue weighted by Gasteiger charge is 2.51. The van der Waals surface area contributed by atoms with Gasteiger partial charge in [-0.3, -0.25) is 0 Å². The quantitative estimate of drug-likeness (QED) is 0.801. The van der Waals surface area contributed by atoms with Gasteiger partial charge in [-0.1, -0.05) is 37.3 Å². The summed E-state index contributed by atoms with van der Waals surface area (Å²) in [5, 5.41) is 6.05. The normalized spacial score (nSPS) is 17.9. The third kappa shape index (κ3) is 2.43. The molecular formula is C18H23NS. The second kappa shape index (κ2) is 5.71. The molecular weight excluding hydrogens is 262 g/mol. The third-order valence-corrected chi connectivity index (χ3v) is 5.54. The molecule has 0 bridgehead atoms. The molecule has 20 heavy (non-hydrogen) atoms. The predicted molar refractivity (Wildman–Crippen MR) is 87.4 cm³/mol.